The molecule has 1 heterocycles. The summed E-state index contributed by atoms with van der Waals surface area (Å²) < 4.78 is 7.84. The minimum atomic E-state index is 0.145. The number of hydrogen-bond donors (Lipinski definition) is 0. The summed E-state index contributed by atoms with van der Waals surface area (Å²) in [7, 11) is 0. The zero-order valence-corrected chi connectivity index (χ0v) is 10.7. The van der Waals surface area contributed by atoms with E-state index in [9.17, 15) is 4.79 Å². The molecule has 1 aliphatic carbocycles. The number of rotatable bonds is 4. The summed E-state index contributed by atoms with van der Waals surface area (Å²) in [4.78, 5) is 11.2. The fourth-order valence-electron chi connectivity index (χ4n) is 2.59. The molecule has 3 nitrogen and oxygen atoms in total. The Labute approximate surface area is 103 Å². The molecule has 1 aromatic heterocycles. The van der Waals surface area contributed by atoms with Gasteiger partial charge in [-0.15, -0.1) is 0 Å². The lowest BCUT2D eigenvalue weighted by molar-refractivity contribution is 0.0271. The van der Waals surface area contributed by atoms with Crippen molar-refractivity contribution in [1.82, 2.24) is 4.57 Å². The first-order chi connectivity index (χ1) is 8.20. The van der Waals surface area contributed by atoms with Gasteiger partial charge in [0.15, 0.2) is 5.78 Å². The number of aromatic nitrogens is 1. The van der Waals surface area contributed by atoms with Gasteiger partial charge in [-0.2, -0.15) is 0 Å². The lowest BCUT2D eigenvalue weighted by atomic mass is 9.93. The van der Waals surface area contributed by atoms with Gasteiger partial charge >= 0.3 is 0 Å². The van der Waals surface area contributed by atoms with Crippen molar-refractivity contribution < 1.29 is 9.53 Å². The fraction of sp³-hybridized carbons (Fsp3) is 0.643. The van der Waals surface area contributed by atoms with Gasteiger partial charge < -0.3 is 9.30 Å². The van der Waals surface area contributed by atoms with Crippen molar-refractivity contribution in [2.24, 2.45) is 0 Å². The Hall–Kier alpha value is -1.09. The van der Waals surface area contributed by atoms with Crippen LogP contribution < -0.4 is 0 Å². The highest BCUT2D eigenvalue weighted by Crippen LogP contribution is 2.30. The van der Waals surface area contributed by atoms with Crippen molar-refractivity contribution in [2.45, 2.75) is 51.7 Å². The maximum atomic E-state index is 11.2. The molecule has 0 unspecified atom stereocenters. The summed E-state index contributed by atoms with van der Waals surface area (Å²) in [6.07, 6.45) is 9.02. The third kappa shape index (κ3) is 2.97. The molecule has 1 fully saturated rings. The molecular formula is C14H21NO2. The number of ether oxygens (including phenoxy) is 1. The average Bonchev–Trinajstić information content (AvgIpc) is 2.80. The van der Waals surface area contributed by atoms with E-state index >= 15 is 0 Å². The van der Waals surface area contributed by atoms with Gasteiger partial charge in [-0.05, 0) is 45.6 Å². The highest BCUT2D eigenvalue weighted by molar-refractivity contribution is 5.93. The smallest absolute Gasteiger partial charge is 0.161 e. The van der Waals surface area contributed by atoms with Crippen LogP contribution in [0.15, 0.2) is 18.5 Å². The Bertz CT molecular complexity index is 375. The number of ketones is 1. The maximum absolute atomic E-state index is 11.2. The largest absolute Gasteiger partial charge is 0.379 e. The van der Waals surface area contributed by atoms with E-state index in [0.717, 1.165) is 37.9 Å². The zero-order valence-electron chi connectivity index (χ0n) is 10.7. The second-order valence-electron chi connectivity index (χ2n) is 4.79. The average molecular weight is 235 g/mol. The van der Waals surface area contributed by atoms with E-state index in [0.29, 0.717) is 12.1 Å². The van der Waals surface area contributed by atoms with Gasteiger partial charge in [-0.3, -0.25) is 4.79 Å². The van der Waals surface area contributed by atoms with Crippen molar-refractivity contribution in [3.05, 3.63) is 24.0 Å². The monoisotopic (exact) mass is 235 g/mol. The lowest BCUT2D eigenvalue weighted by Crippen LogP contribution is -2.23. The maximum Gasteiger partial charge on any atom is 0.161 e. The van der Waals surface area contributed by atoms with Crippen molar-refractivity contribution >= 4 is 5.78 Å². The topological polar surface area (TPSA) is 31.2 Å². The number of hydrogen-bond acceptors (Lipinski definition) is 2. The van der Waals surface area contributed by atoms with E-state index in [1.165, 1.54) is 0 Å². The van der Waals surface area contributed by atoms with Crippen LogP contribution in [0.5, 0.6) is 0 Å². The molecule has 1 aromatic rings. The molecular weight excluding hydrogens is 214 g/mol. The van der Waals surface area contributed by atoms with Crippen molar-refractivity contribution in [3.63, 3.8) is 0 Å². The predicted molar refractivity (Wildman–Crippen MR) is 67.4 cm³/mol. The molecule has 2 rings (SSSR count). The van der Waals surface area contributed by atoms with Crippen LogP contribution in [0.2, 0.25) is 0 Å². The first-order valence-corrected chi connectivity index (χ1v) is 6.50. The van der Waals surface area contributed by atoms with Crippen LogP contribution in [0, 0.1) is 0 Å². The molecule has 1 saturated carbocycles. The number of carbonyl (C=O) groups is 1. The third-order valence-electron chi connectivity index (χ3n) is 3.59. The van der Waals surface area contributed by atoms with Gasteiger partial charge in [-0.1, -0.05) is 0 Å². The summed E-state index contributed by atoms with van der Waals surface area (Å²) in [5, 5.41) is 0. The van der Waals surface area contributed by atoms with E-state index in [1.807, 2.05) is 18.5 Å². The predicted octanol–water partition coefficient (Wildman–Crippen LogP) is 3.21. The normalized spacial score (nSPS) is 24.8. The Balaban J connectivity index is 1.93. The molecule has 0 amide bonds. The van der Waals surface area contributed by atoms with Gasteiger partial charge in [-0.25, -0.2) is 0 Å². The van der Waals surface area contributed by atoms with Gasteiger partial charge in [0.05, 0.1) is 6.10 Å². The van der Waals surface area contributed by atoms with E-state index in [2.05, 4.69) is 11.5 Å². The van der Waals surface area contributed by atoms with Gasteiger partial charge in [0, 0.05) is 30.6 Å². The minimum Gasteiger partial charge on any atom is -0.379 e. The second-order valence-corrected chi connectivity index (χ2v) is 4.79. The molecule has 0 aromatic carbocycles. The van der Waals surface area contributed by atoms with Crippen LogP contribution in [0.1, 0.15) is 55.9 Å². The van der Waals surface area contributed by atoms with E-state index in [1.54, 1.807) is 6.92 Å². The Morgan fingerprint density at radius 2 is 2.12 bits per heavy atom. The lowest BCUT2D eigenvalue weighted by Gasteiger charge is -2.29. The molecule has 94 valence electrons. The Morgan fingerprint density at radius 1 is 1.41 bits per heavy atom. The summed E-state index contributed by atoms with van der Waals surface area (Å²) in [5.41, 5.74) is 0.817. The minimum absolute atomic E-state index is 0.145. The molecule has 1 aliphatic rings. The molecule has 0 aliphatic heterocycles. The molecule has 0 spiro atoms. The van der Waals surface area contributed by atoms with Gasteiger partial charge in [0.25, 0.3) is 0 Å². The molecule has 17 heavy (non-hydrogen) atoms. The van der Waals surface area contributed by atoms with Crippen LogP contribution in [0.4, 0.5) is 0 Å². The van der Waals surface area contributed by atoms with Crippen LogP contribution in [-0.2, 0) is 4.74 Å². The molecule has 0 N–H and O–H groups in total. The van der Waals surface area contributed by atoms with Gasteiger partial charge in [0.2, 0.25) is 0 Å². The van der Waals surface area contributed by atoms with E-state index in [4.69, 9.17) is 4.74 Å². The Morgan fingerprint density at radius 3 is 2.65 bits per heavy atom. The molecule has 0 atom stereocenters. The molecule has 3 heteroatoms. The molecule has 0 radical (unpaired) electrons. The van der Waals surface area contributed by atoms with Crippen LogP contribution in [0.3, 0.4) is 0 Å². The number of Topliss-reactive ketones (excluding diaryl/α,β-unsaturated/α-hetero) is 1. The van der Waals surface area contributed by atoms with Crippen molar-refractivity contribution in [2.75, 3.05) is 6.61 Å². The second kappa shape index (κ2) is 5.50. The van der Waals surface area contributed by atoms with E-state index in [-0.39, 0.29) is 5.78 Å². The standard InChI is InChI=1S/C14H21NO2/c1-3-17-14-6-4-13(5-7-14)15-9-8-12(10-15)11(2)16/h8-10,13-14H,3-7H2,1-2H3. The summed E-state index contributed by atoms with van der Waals surface area (Å²) in [6.45, 7) is 4.48. The van der Waals surface area contributed by atoms with Crippen LogP contribution in [-0.4, -0.2) is 23.1 Å². The number of nitrogens with zero attached hydrogens (tertiary/aromatic N) is 1. The SMILES string of the molecule is CCOC1CCC(n2ccc(C(C)=O)c2)CC1. The van der Waals surface area contributed by atoms with Crippen LogP contribution >= 0.6 is 0 Å². The first-order valence-electron chi connectivity index (χ1n) is 6.50. The van der Waals surface area contributed by atoms with Crippen molar-refractivity contribution in [3.8, 4) is 0 Å². The summed E-state index contributed by atoms with van der Waals surface area (Å²) in [5.74, 6) is 0.145. The molecule has 0 saturated heterocycles. The van der Waals surface area contributed by atoms with E-state index < -0.39 is 0 Å². The fourth-order valence-corrected chi connectivity index (χ4v) is 2.59. The third-order valence-corrected chi connectivity index (χ3v) is 3.59. The van der Waals surface area contributed by atoms with Crippen LogP contribution in [0.25, 0.3) is 0 Å². The number of carbonyl (C=O) groups excluding carboxylic acids is 1. The Kier molecular flexibility index (Phi) is 4.00. The first kappa shape index (κ1) is 12.4. The summed E-state index contributed by atoms with van der Waals surface area (Å²) in [6, 6.07) is 2.46. The zero-order chi connectivity index (χ0) is 12.3. The van der Waals surface area contributed by atoms with Crippen molar-refractivity contribution in [1.29, 1.82) is 0 Å². The highest BCUT2D eigenvalue weighted by atomic mass is 16.5. The molecule has 0 bridgehead atoms. The quantitative estimate of drug-likeness (QED) is 0.750. The summed E-state index contributed by atoms with van der Waals surface area (Å²) >= 11 is 0. The van der Waals surface area contributed by atoms with Gasteiger partial charge in [0.1, 0.15) is 0 Å². The highest BCUT2D eigenvalue weighted by Gasteiger charge is 2.22.